The van der Waals surface area contributed by atoms with Crippen molar-refractivity contribution in [1.29, 1.82) is 0 Å². The third-order valence-electron chi connectivity index (χ3n) is 2.86. The second-order valence-electron chi connectivity index (χ2n) is 4.99. The van der Waals surface area contributed by atoms with Crippen LogP contribution in [0.3, 0.4) is 0 Å². The molecule has 118 valence electrons. The summed E-state index contributed by atoms with van der Waals surface area (Å²) in [7, 11) is 0. The minimum Gasteiger partial charge on any atom is -0.481 e. The van der Waals surface area contributed by atoms with Gasteiger partial charge < -0.3 is 5.11 Å². The zero-order chi connectivity index (χ0) is 16.5. The Morgan fingerprint density at radius 2 is 2.00 bits per heavy atom. The second kappa shape index (κ2) is 5.78. The monoisotopic (exact) mass is 316 g/mol. The summed E-state index contributed by atoms with van der Waals surface area (Å²) in [5.74, 6) is -6.00. The van der Waals surface area contributed by atoms with Gasteiger partial charge in [-0.05, 0) is 12.1 Å². The van der Waals surface area contributed by atoms with Gasteiger partial charge in [-0.15, -0.1) is 0 Å². The number of alkyl halides is 2. The highest BCUT2D eigenvalue weighted by molar-refractivity contribution is 5.71. The average molecular weight is 316 g/mol. The quantitative estimate of drug-likeness (QED) is 0.862. The SMILES string of the molecule is CC(F)(F)Cn1cc(-c2cc(F)c(CC(=O)O)cc2F)cn1. The van der Waals surface area contributed by atoms with Crippen LogP contribution >= 0.6 is 0 Å². The van der Waals surface area contributed by atoms with Crippen LogP contribution in [0.25, 0.3) is 11.1 Å². The Bertz CT molecular complexity index is 707. The van der Waals surface area contributed by atoms with Crippen molar-refractivity contribution >= 4 is 5.97 Å². The maximum absolute atomic E-state index is 14.0. The molecule has 22 heavy (non-hydrogen) atoms. The molecule has 0 radical (unpaired) electrons. The maximum atomic E-state index is 14.0. The van der Waals surface area contributed by atoms with Gasteiger partial charge in [-0.2, -0.15) is 5.10 Å². The van der Waals surface area contributed by atoms with Crippen molar-refractivity contribution in [1.82, 2.24) is 9.78 Å². The Kier molecular flexibility index (Phi) is 4.20. The first kappa shape index (κ1) is 16.0. The number of carboxylic acids is 1. The summed E-state index contributed by atoms with van der Waals surface area (Å²) < 4.78 is 54.4. The number of hydrogen-bond acceptors (Lipinski definition) is 2. The van der Waals surface area contributed by atoms with Crippen LogP contribution in [0, 0.1) is 11.6 Å². The minimum atomic E-state index is -2.99. The molecule has 0 unspecified atom stereocenters. The fraction of sp³-hybridized carbons (Fsp3) is 0.286. The smallest absolute Gasteiger partial charge is 0.307 e. The largest absolute Gasteiger partial charge is 0.481 e. The number of hydrogen-bond donors (Lipinski definition) is 1. The Morgan fingerprint density at radius 1 is 1.32 bits per heavy atom. The molecule has 0 aliphatic heterocycles. The number of carbonyl (C=O) groups is 1. The average Bonchev–Trinajstić information content (AvgIpc) is 2.78. The maximum Gasteiger partial charge on any atom is 0.307 e. The number of nitrogens with zero attached hydrogens (tertiary/aromatic N) is 2. The third kappa shape index (κ3) is 3.84. The molecule has 0 bridgehead atoms. The molecule has 1 aromatic carbocycles. The topological polar surface area (TPSA) is 55.1 Å². The predicted octanol–water partition coefficient (Wildman–Crippen LogP) is 3.11. The van der Waals surface area contributed by atoms with Crippen LogP contribution in [0.15, 0.2) is 24.5 Å². The van der Waals surface area contributed by atoms with Crippen LogP contribution in [0.2, 0.25) is 0 Å². The summed E-state index contributed by atoms with van der Waals surface area (Å²) in [6, 6.07) is 1.61. The summed E-state index contributed by atoms with van der Waals surface area (Å²) in [5, 5.41) is 12.3. The van der Waals surface area contributed by atoms with E-state index in [1.54, 1.807) is 0 Å². The van der Waals surface area contributed by atoms with E-state index < -0.39 is 36.5 Å². The van der Waals surface area contributed by atoms with Crippen LogP contribution in [-0.4, -0.2) is 26.8 Å². The van der Waals surface area contributed by atoms with Crippen LogP contribution in [0.5, 0.6) is 0 Å². The van der Waals surface area contributed by atoms with Gasteiger partial charge in [-0.25, -0.2) is 17.6 Å². The van der Waals surface area contributed by atoms with Crippen molar-refractivity contribution in [2.75, 3.05) is 0 Å². The molecule has 0 amide bonds. The fourth-order valence-electron chi connectivity index (χ4n) is 1.98. The molecule has 4 nitrogen and oxygen atoms in total. The van der Waals surface area contributed by atoms with Crippen molar-refractivity contribution in [3.63, 3.8) is 0 Å². The van der Waals surface area contributed by atoms with E-state index in [4.69, 9.17) is 5.11 Å². The first-order valence-electron chi connectivity index (χ1n) is 6.26. The Morgan fingerprint density at radius 3 is 2.59 bits per heavy atom. The van der Waals surface area contributed by atoms with Crippen LogP contribution in [-0.2, 0) is 17.8 Å². The minimum absolute atomic E-state index is 0.127. The van der Waals surface area contributed by atoms with Crippen LogP contribution < -0.4 is 0 Å². The van der Waals surface area contributed by atoms with Gasteiger partial charge in [0.25, 0.3) is 5.92 Å². The molecule has 0 fully saturated rings. The van der Waals surface area contributed by atoms with Crippen molar-refractivity contribution < 1.29 is 27.5 Å². The molecular weight excluding hydrogens is 304 g/mol. The van der Waals surface area contributed by atoms with Gasteiger partial charge in [0.05, 0.1) is 12.6 Å². The zero-order valence-corrected chi connectivity index (χ0v) is 11.5. The van der Waals surface area contributed by atoms with Gasteiger partial charge in [-0.3, -0.25) is 9.48 Å². The van der Waals surface area contributed by atoms with E-state index in [1.807, 2.05) is 0 Å². The van der Waals surface area contributed by atoms with Crippen molar-refractivity contribution in [3.8, 4) is 11.1 Å². The lowest BCUT2D eigenvalue weighted by Gasteiger charge is -2.09. The number of halogens is 4. The van der Waals surface area contributed by atoms with Gasteiger partial charge in [0.1, 0.15) is 18.2 Å². The van der Waals surface area contributed by atoms with E-state index in [1.165, 1.54) is 6.20 Å². The molecular formula is C14H12F4N2O2. The van der Waals surface area contributed by atoms with Crippen molar-refractivity contribution in [3.05, 3.63) is 41.7 Å². The van der Waals surface area contributed by atoms with Crippen molar-refractivity contribution in [2.45, 2.75) is 25.8 Å². The van der Waals surface area contributed by atoms with Gasteiger partial charge in [0.15, 0.2) is 0 Å². The van der Waals surface area contributed by atoms with E-state index in [0.29, 0.717) is 0 Å². The zero-order valence-electron chi connectivity index (χ0n) is 11.5. The van der Waals surface area contributed by atoms with E-state index in [0.717, 1.165) is 29.9 Å². The number of carboxylic acid groups (broad SMARTS) is 1. The second-order valence-corrected chi connectivity index (χ2v) is 4.99. The normalized spacial score (nSPS) is 11.7. The number of rotatable bonds is 5. The predicted molar refractivity (Wildman–Crippen MR) is 69.5 cm³/mol. The highest BCUT2D eigenvalue weighted by Crippen LogP contribution is 2.26. The number of benzene rings is 1. The third-order valence-corrected chi connectivity index (χ3v) is 2.86. The molecule has 0 aliphatic rings. The molecule has 0 spiro atoms. The van der Waals surface area contributed by atoms with Crippen LogP contribution in [0.1, 0.15) is 12.5 Å². The van der Waals surface area contributed by atoms with Gasteiger partial charge in [0, 0.05) is 29.8 Å². The Hall–Kier alpha value is -2.38. The van der Waals surface area contributed by atoms with Crippen molar-refractivity contribution in [2.24, 2.45) is 0 Å². The molecule has 0 saturated carbocycles. The molecule has 8 heteroatoms. The van der Waals surface area contributed by atoms with Gasteiger partial charge >= 0.3 is 5.97 Å². The van der Waals surface area contributed by atoms with E-state index in [-0.39, 0.29) is 16.7 Å². The van der Waals surface area contributed by atoms with E-state index in [2.05, 4.69) is 5.10 Å². The molecule has 0 atom stereocenters. The fourth-order valence-corrected chi connectivity index (χ4v) is 1.98. The molecule has 2 aromatic rings. The Balaban J connectivity index is 2.33. The van der Waals surface area contributed by atoms with Crippen LogP contribution in [0.4, 0.5) is 17.6 Å². The summed E-state index contributed by atoms with van der Waals surface area (Å²) in [6.45, 7) is 0.0312. The standard InChI is InChI=1S/C14H12F4N2O2/c1-14(17,18)7-20-6-9(5-19-20)10-4-11(15)8(2-12(10)16)3-13(21)22/h2,4-6H,3,7H2,1H3,(H,21,22). The molecule has 2 rings (SSSR count). The highest BCUT2D eigenvalue weighted by atomic mass is 19.3. The van der Waals surface area contributed by atoms with E-state index in [9.17, 15) is 22.4 Å². The molecule has 1 aromatic heterocycles. The van der Waals surface area contributed by atoms with Gasteiger partial charge in [-0.1, -0.05) is 0 Å². The lowest BCUT2D eigenvalue weighted by atomic mass is 10.0. The Labute approximate surface area is 123 Å². The summed E-state index contributed by atoms with van der Waals surface area (Å²) in [5.41, 5.74) is -0.332. The number of aliphatic carboxylic acids is 1. The summed E-state index contributed by atoms with van der Waals surface area (Å²) in [6.07, 6.45) is 1.66. The highest BCUT2D eigenvalue weighted by Gasteiger charge is 2.23. The van der Waals surface area contributed by atoms with E-state index >= 15 is 0 Å². The number of aromatic nitrogens is 2. The summed E-state index contributed by atoms with van der Waals surface area (Å²) >= 11 is 0. The van der Waals surface area contributed by atoms with Gasteiger partial charge in [0.2, 0.25) is 0 Å². The molecule has 1 heterocycles. The first-order chi connectivity index (χ1) is 10.2. The lowest BCUT2D eigenvalue weighted by Crippen LogP contribution is -2.19. The molecule has 0 aliphatic carbocycles. The lowest BCUT2D eigenvalue weighted by molar-refractivity contribution is -0.136. The molecule has 0 saturated heterocycles. The molecule has 1 N–H and O–H groups in total. The summed E-state index contributed by atoms with van der Waals surface area (Å²) in [4.78, 5) is 10.5. The first-order valence-corrected chi connectivity index (χ1v) is 6.26.